The number of ether oxygens (including phenoxy) is 1. The summed E-state index contributed by atoms with van der Waals surface area (Å²) in [5.41, 5.74) is 2.23. The Morgan fingerprint density at radius 2 is 2.38 bits per heavy atom. The van der Waals surface area contributed by atoms with Crippen molar-refractivity contribution in [3.8, 4) is 5.75 Å². The molecule has 1 aliphatic carbocycles. The summed E-state index contributed by atoms with van der Waals surface area (Å²) in [6, 6.07) is 5.94. The molecule has 1 N–H and O–H groups in total. The Labute approximate surface area is 96.6 Å². The van der Waals surface area contributed by atoms with E-state index in [0.29, 0.717) is 0 Å². The topological polar surface area (TPSA) is 29.5 Å². The van der Waals surface area contributed by atoms with Crippen LogP contribution in [0, 0.1) is 0 Å². The van der Waals surface area contributed by atoms with Gasteiger partial charge in [-0.25, -0.2) is 0 Å². The highest BCUT2D eigenvalue weighted by Crippen LogP contribution is 2.36. The molecule has 0 aromatic heterocycles. The summed E-state index contributed by atoms with van der Waals surface area (Å²) < 4.78 is 5.74. The largest absolute Gasteiger partial charge is 0.493 e. The molecule has 1 aliphatic rings. The second-order valence-corrected chi connectivity index (χ2v) is 4.16. The molecule has 1 aromatic carbocycles. The van der Waals surface area contributed by atoms with Crippen molar-refractivity contribution in [2.75, 3.05) is 6.61 Å². The third-order valence-electron chi connectivity index (χ3n) is 3.01. The van der Waals surface area contributed by atoms with Crippen LogP contribution in [0.2, 0.25) is 0 Å². The zero-order valence-electron chi connectivity index (χ0n) is 9.48. The van der Waals surface area contributed by atoms with Crippen LogP contribution in [0.1, 0.15) is 36.5 Å². The Balaban J connectivity index is 2.02. The third-order valence-corrected chi connectivity index (χ3v) is 3.01. The molecular weight excluding hydrogens is 200 g/mol. The van der Waals surface area contributed by atoms with Crippen molar-refractivity contribution in [3.05, 3.63) is 42.0 Å². The van der Waals surface area contributed by atoms with E-state index in [1.807, 2.05) is 24.3 Å². The summed E-state index contributed by atoms with van der Waals surface area (Å²) in [7, 11) is 0. The van der Waals surface area contributed by atoms with Gasteiger partial charge in [-0.2, -0.15) is 0 Å². The number of benzene rings is 1. The minimum atomic E-state index is -0.299. The second kappa shape index (κ2) is 5.17. The maximum atomic E-state index is 9.75. The van der Waals surface area contributed by atoms with E-state index in [1.54, 1.807) is 0 Å². The lowest BCUT2D eigenvalue weighted by molar-refractivity contribution is 0.180. The maximum absolute atomic E-state index is 9.75. The first kappa shape index (κ1) is 11.2. The van der Waals surface area contributed by atoms with Crippen LogP contribution in [0.25, 0.3) is 0 Å². The molecule has 0 radical (unpaired) electrons. The number of aliphatic hydroxyl groups is 1. The highest BCUT2D eigenvalue weighted by molar-refractivity contribution is 5.44. The average molecular weight is 218 g/mol. The van der Waals surface area contributed by atoms with Gasteiger partial charge in [0.05, 0.1) is 12.7 Å². The van der Waals surface area contributed by atoms with Crippen LogP contribution in [0.3, 0.4) is 0 Å². The summed E-state index contributed by atoms with van der Waals surface area (Å²) in [6.07, 6.45) is 5.33. The predicted molar refractivity (Wildman–Crippen MR) is 64.6 cm³/mol. The Morgan fingerprint density at radius 3 is 3.19 bits per heavy atom. The van der Waals surface area contributed by atoms with Crippen LogP contribution in [0.5, 0.6) is 5.75 Å². The Morgan fingerprint density at radius 1 is 1.50 bits per heavy atom. The number of hydrogen-bond acceptors (Lipinski definition) is 2. The van der Waals surface area contributed by atoms with Gasteiger partial charge in [0.25, 0.3) is 0 Å². The molecule has 16 heavy (non-hydrogen) atoms. The van der Waals surface area contributed by atoms with Crippen LogP contribution < -0.4 is 4.74 Å². The fourth-order valence-electron chi connectivity index (χ4n) is 2.14. The summed E-state index contributed by atoms with van der Waals surface area (Å²) in [6.45, 7) is 4.41. The predicted octanol–water partition coefficient (Wildman–Crippen LogP) is 3.01. The van der Waals surface area contributed by atoms with Crippen LogP contribution >= 0.6 is 0 Å². The molecular formula is C14H18O2. The molecule has 0 fully saturated rings. The van der Waals surface area contributed by atoms with E-state index in [2.05, 4.69) is 6.58 Å². The summed E-state index contributed by atoms with van der Waals surface area (Å²) in [5.74, 6) is 0.943. The molecule has 1 unspecified atom stereocenters. The molecule has 1 atom stereocenters. The minimum absolute atomic E-state index is 0.299. The van der Waals surface area contributed by atoms with E-state index < -0.39 is 0 Å². The van der Waals surface area contributed by atoms with Crippen molar-refractivity contribution in [2.45, 2.75) is 31.8 Å². The first-order valence-electron chi connectivity index (χ1n) is 5.86. The lowest BCUT2D eigenvalue weighted by Gasteiger charge is -2.10. The number of aliphatic hydroxyl groups excluding tert-OH is 1. The minimum Gasteiger partial charge on any atom is -0.493 e. The van der Waals surface area contributed by atoms with E-state index in [4.69, 9.17) is 4.74 Å². The fourth-order valence-corrected chi connectivity index (χ4v) is 2.14. The second-order valence-electron chi connectivity index (χ2n) is 4.16. The maximum Gasteiger partial charge on any atom is 0.122 e. The van der Waals surface area contributed by atoms with Crippen molar-refractivity contribution in [3.63, 3.8) is 0 Å². The Hall–Kier alpha value is -1.28. The zero-order chi connectivity index (χ0) is 11.4. The highest BCUT2D eigenvalue weighted by Gasteiger charge is 2.22. The molecule has 0 saturated carbocycles. The summed E-state index contributed by atoms with van der Waals surface area (Å²) in [5, 5.41) is 9.75. The van der Waals surface area contributed by atoms with Crippen LogP contribution in [-0.2, 0) is 6.42 Å². The van der Waals surface area contributed by atoms with Gasteiger partial charge in [-0.15, -0.1) is 6.58 Å². The molecule has 2 rings (SSSR count). The van der Waals surface area contributed by atoms with E-state index in [9.17, 15) is 5.11 Å². The summed E-state index contributed by atoms with van der Waals surface area (Å²) >= 11 is 0. The van der Waals surface area contributed by atoms with Crippen molar-refractivity contribution in [2.24, 2.45) is 0 Å². The SMILES string of the molecule is C=CCCCOc1cccc2c1CCC2O. The number of allylic oxidation sites excluding steroid dienone is 1. The Bertz CT molecular complexity index is 371. The number of fused-ring (bicyclic) bond motifs is 1. The highest BCUT2D eigenvalue weighted by atomic mass is 16.5. The first-order chi connectivity index (χ1) is 7.83. The zero-order valence-corrected chi connectivity index (χ0v) is 9.48. The normalized spacial score (nSPS) is 18.2. The number of unbranched alkanes of at least 4 members (excludes halogenated alkanes) is 1. The van der Waals surface area contributed by atoms with E-state index in [-0.39, 0.29) is 6.10 Å². The van der Waals surface area contributed by atoms with Crippen LogP contribution in [0.4, 0.5) is 0 Å². The molecule has 0 heterocycles. The molecule has 2 nitrogen and oxygen atoms in total. The average Bonchev–Trinajstić information content (AvgIpc) is 2.68. The monoisotopic (exact) mass is 218 g/mol. The molecule has 0 spiro atoms. The van der Waals surface area contributed by atoms with Gasteiger partial charge < -0.3 is 9.84 Å². The van der Waals surface area contributed by atoms with Gasteiger partial charge >= 0.3 is 0 Å². The third kappa shape index (κ3) is 2.27. The van der Waals surface area contributed by atoms with Crippen LogP contribution in [0.15, 0.2) is 30.9 Å². The quantitative estimate of drug-likeness (QED) is 0.608. The van der Waals surface area contributed by atoms with Crippen molar-refractivity contribution in [1.82, 2.24) is 0 Å². The number of rotatable bonds is 5. The van der Waals surface area contributed by atoms with Gasteiger partial charge in [0.15, 0.2) is 0 Å². The summed E-state index contributed by atoms with van der Waals surface area (Å²) in [4.78, 5) is 0. The number of hydrogen-bond donors (Lipinski definition) is 1. The van der Waals surface area contributed by atoms with E-state index >= 15 is 0 Å². The molecule has 0 aliphatic heterocycles. The van der Waals surface area contributed by atoms with Crippen LogP contribution in [-0.4, -0.2) is 11.7 Å². The lowest BCUT2D eigenvalue weighted by atomic mass is 10.1. The molecule has 86 valence electrons. The molecule has 0 saturated heterocycles. The Kier molecular flexibility index (Phi) is 3.62. The van der Waals surface area contributed by atoms with Gasteiger partial charge in [-0.3, -0.25) is 0 Å². The fraction of sp³-hybridized carbons (Fsp3) is 0.429. The first-order valence-corrected chi connectivity index (χ1v) is 5.86. The van der Waals surface area contributed by atoms with E-state index in [0.717, 1.165) is 43.6 Å². The van der Waals surface area contributed by atoms with Crippen molar-refractivity contribution >= 4 is 0 Å². The molecule has 1 aromatic rings. The van der Waals surface area contributed by atoms with Gasteiger partial charge in [0, 0.05) is 5.56 Å². The smallest absolute Gasteiger partial charge is 0.122 e. The standard InChI is InChI=1S/C14H18O2/c1-2-3-4-10-16-14-7-5-6-11-12(14)8-9-13(11)15/h2,5-7,13,15H,1,3-4,8-10H2. The lowest BCUT2D eigenvalue weighted by Crippen LogP contribution is -2.00. The van der Waals surface area contributed by atoms with Gasteiger partial charge in [-0.05, 0) is 37.3 Å². The van der Waals surface area contributed by atoms with Gasteiger partial charge in [0.2, 0.25) is 0 Å². The molecule has 0 bridgehead atoms. The van der Waals surface area contributed by atoms with Crippen molar-refractivity contribution in [1.29, 1.82) is 0 Å². The van der Waals surface area contributed by atoms with E-state index in [1.165, 1.54) is 5.56 Å². The molecule has 0 amide bonds. The van der Waals surface area contributed by atoms with Crippen molar-refractivity contribution < 1.29 is 9.84 Å². The van der Waals surface area contributed by atoms with Gasteiger partial charge in [-0.1, -0.05) is 18.2 Å². The molecule has 2 heteroatoms. The van der Waals surface area contributed by atoms with Gasteiger partial charge in [0.1, 0.15) is 5.75 Å².